The SMILES string of the molecule is Nc1cc2oc(=O)[nH]c2cc1Oc1cccc(Cl)c1F. The number of fused-ring (bicyclic) bond motifs is 1. The van der Waals surface area contributed by atoms with Crippen LogP contribution in [-0.2, 0) is 0 Å². The molecule has 0 aliphatic rings. The number of rotatable bonds is 2. The van der Waals surface area contributed by atoms with E-state index in [1.807, 2.05) is 0 Å². The molecule has 0 radical (unpaired) electrons. The number of hydrogen-bond donors (Lipinski definition) is 2. The highest BCUT2D eigenvalue weighted by Gasteiger charge is 2.12. The average molecular weight is 295 g/mol. The molecule has 20 heavy (non-hydrogen) atoms. The van der Waals surface area contributed by atoms with Gasteiger partial charge in [0.2, 0.25) is 0 Å². The maximum atomic E-state index is 13.8. The summed E-state index contributed by atoms with van der Waals surface area (Å²) in [5, 5.41) is -0.0566. The van der Waals surface area contributed by atoms with Gasteiger partial charge in [0.1, 0.15) is 0 Å². The van der Waals surface area contributed by atoms with E-state index >= 15 is 0 Å². The first kappa shape index (κ1) is 12.6. The first-order valence-corrected chi connectivity index (χ1v) is 5.96. The molecule has 0 saturated carbocycles. The van der Waals surface area contributed by atoms with Gasteiger partial charge in [0.05, 0.1) is 16.2 Å². The maximum Gasteiger partial charge on any atom is 0.417 e. The number of aromatic nitrogens is 1. The number of oxazole rings is 1. The Bertz CT molecular complexity index is 856. The molecule has 3 aromatic rings. The molecule has 7 heteroatoms. The fourth-order valence-electron chi connectivity index (χ4n) is 1.76. The van der Waals surface area contributed by atoms with E-state index in [2.05, 4.69) is 4.98 Å². The molecule has 0 unspecified atom stereocenters. The van der Waals surface area contributed by atoms with Crippen molar-refractivity contribution in [3.63, 3.8) is 0 Å². The van der Waals surface area contributed by atoms with Crippen molar-refractivity contribution in [1.29, 1.82) is 0 Å². The van der Waals surface area contributed by atoms with Crippen LogP contribution in [-0.4, -0.2) is 4.98 Å². The van der Waals surface area contributed by atoms with E-state index in [1.54, 1.807) is 6.07 Å². The summed E-state index contributed by atoms with van der Waals surface area (Å²) in [4.78, 5) is 13.5. The standard InChI is InChI=1S/C13H8ClFN2O3/c14-6-2-1-3-9(12(6)15)19-10-5-8-11(4-7(10)16)20-13(18)17-8/h1-5H,16H2,(H,17,18). The van der Waals surface area contributed by atoms with Crippen LogP contribution < -0.4 is 16.2 Å². The molecular weight excluding hydrogens is 287 g/mol. The van der Waals surface area contributed by atoms with Crippen LogP contribution in [0, 0.1) is 5.82 Å². The summed E-state index contributed by atoms with van der Waals surface area (Å²) in [6.07, 6.45) is 0. The molecule has 0 amide bonds. The number of nitrogens with one attached hydrogen (secondary N) is 1. The second-order valence-corrected chi connectivity index (χ2v) is 4.46. The van der Waals surface area contributed by atoms with Crippen molar-refractivity contribution in [2.75, 3.05) is 5.73 Å². The van der Waals surface area contributed by atoms with Crippen molar-refractivity contribution in [2.45, 2.75) is 0 Å². The van der Waals surface area contributed by atoms with Crippen molar-refractivity contribution < 1.29 is 13.5 Å². The molecule has 2 aromatic carbocycles. The number of hydrogen-bond acceptors (Lipinski definition) is 4. The van der Waals surface area contributed by atoms with E-state index in [-0.39, 0.29) is 22.2 Å². The fraction of sp³-hybridized carbons (Fsp3) is 0. The number of anilines is 1. The lowest BCUT2D eigenvalue weighted by Crippen LogP contribution is -1.95. The summed E-state index contributed by atoms with van der Waals surface area (Å²) in [7, 11) is 0. The Morgan fingerprint density at radius 2 is 2.10 bits per heavy atom. The lowest BCUT2D eigenvalue weighted by Gasteiger charge is -2.09. The third-order valence-corrected chi connectivity index (χ3v) is 2.98. The zero-order valence-corrected chi connectivity index (χ0v) is 10.7. The largest absolute Gasteiger partial charge is 0.452 e. The smallest absolute Gasteiger partial charge is 0.417 e. The number of halogens is 2. The van der Waals surface area contributed by atoms with Gasteiger partial charge in [-0.3, -0.25) is 4.98 Å². The van der Waals surface area contributed by atoms with Crippen LogP contribution in [0.15, 0.2) is 39.5 Å². The molecule has 0 aliphatic heterocycles. The Kier molecular flexibility index (Phi) is 2.87. The van der Waals surface area contributed by atoms with E-state index < -0.39 is 11.6 Å². The van der Waals surface area contributed by atoms with Crippen molar-refractivity contribution in [3.8, 4) is 11.5 Å². The minimum Gasteiger partial charge on any atom is -0.452 e. The van der Waals surface area contributed by atoms with Gasteiger partial charge in [-0.25, -0.2) is 9.18 Å². The summed E-state index contributed by atoms with van der Waals surface area (Å²) < 4.78 is 24.0. The fourth-order valence-corrected chi connectivity index (χ4v) is 1.93. The quantitative estimate of drug-likeness (QED) is 0.711. The van der Waals surface area contributed by atoms with Crippen molar-refractivity contribution >= 4 is 28.4 Å². The molecule has 3 N–H and O–H groups in total. The van der Waals surface area contributed by atoms with Gasteiger partial charge in [-0.2, -0.15) is 0 Å². The van der Waals surface area contributed by atoms with E-state index in [0.29, 0.717) is 11.1 Å². The Hall–Kier alpha value is -2.47. The molecular formula is C13H8ClFN2O3. The second-order valence-electron chi connectivity index (χ2n) is 4.05. The van der Waals surface area contributed by atoms with Gasteiger partial charge in [-0.05, 0) is 12.1 Å². The van der Waals surface area contributed by atoms with Crippen LogP contribution in [0.3, 0.4) is 0 Å². The van der Waals surface area contributed by atoms with Crippen molar-refractivity contribution in [3.05, 3.63) is 51.7 Å². The molecule has 0 fully saturated rings. The Labute approximate surface area is 116 Å². The number of nitrogens with two attached hydrogens (primary N) is 1. The second kappa shape index (κ2) is 4.57. The predicted octanol–water partition coefficient (Wildman–Crippen LogP) is 3.29. The van der Waals surface area contributed by atoms with Crippen LogP contribution in [0.25, 0.3) is 11.1 Å². The van der Waals surface area contributed by atoms with Gasteiger partial charge in [0.25, 0.3) is 0 Å². The summed E-state index contributed by atoms with van der Waals surface area (Å²) in [6, 6.07) is 7.25. The predicted molar refractivity (Wildman–Crippen MR) is 72.7 cm³/mol. The van der Waals surface area contributed by atoms with E-state index in [4.69, 9.17) is 26.5 Å². The van der Waals surface area contributed by atoms with Gasteiger partial charge >= 0.3 is 5.76 Å². The van der Waals surface area contributed by atoms with Crippen molar-refractivity contribution in [1.82, 2.24) is 4.98 Å². The number of aromatic amines is 1. The first-order valence-electron chi connectivity index (χ1n) is 5.59. The van der Waals surface area contributed by atoms with Crippen LogP contribution in [0.4, 0.5) is 10.1 Å². The van der Waals surface area contributed by atoms with Crippen LogP contribution >= 0.6 is 11.6 Å². The van der Waals surface area contributed by atoms with Crippen molar-refractivity contribution in [2.24, 2.45) is 0 Å². The summed E-state index contributed by atoms with van der Waals surface area (Å²) in [5.41, 5.74) is 6.69. The molecule has 0 aliphatic carbocycles. The molecule has 0 saturated heterocycles. The Morgan fingerprint density at radius 3 is 2.90 bits per heavy atom. The van der Waals surface area contributed by atoms with Gasteiger partial charge in [-0.15, -0.1) is 0 Å². The summed E-state index contributed by atoms with van der Waals surface area (Å²) in [5.74, 6) is -1.16. The highest BCUT2D eigenvalue weighted by molar-refractivity contribution is 6.30. The molecule has 5 nitrogen and oxygen atoms in total. The topological polar surface area (TPSA) is 81.2 Å². The van der Waals surface area contributed by atoms with Crippen LogP contribution in [0.5, 0.6) is 11.5 Å². The number of H-pyrrole nitrogens is 1. The maximum absolute atomic E-state index is 13.8. The lowest BCUT2D eigenvalue weighted by atomic mass is 10.2. The molecule has 1 aromatic heterocycles. The summed E-state index contributed by atoms with van der Waals surface area (Å²) >= 11 is 5.67. The molecule has 3 rings (SSSR count). The molecule has 0 bridgehead atoms. The zero-order valence-electron chi connectivity index (χ0n) is 9.94. The minimum absolute atomic E-state index is 0.0566. The van der Waals surface area contributed by atoms with E-state index in [0.717, 1.165) is 0 Å². The van der Waals surface area contributed by atoms with Crippen LogP contribution in [0.1, 0.15) is 0 Å². The van der Waals surface area contributed by atoms with Gasteiger partial charge in [-0.1, -0.05) is 17.7 Å². The minimum atomic E-state index is -0.686. The van der Waals surface area contributed by atoms with Crippen LogP contribution in [0.2, 0.25) is 5.02 Å². The number of ether oxygens (including phenoxy) is 1. The molecule has 0 atom stereocenters. The third-order valence-electron chi connectivity index (χ3n) is 2.69. The monoisotopic (exact) mass is 294 g/mol. The van der Waals surface area contributed by atoms with Gasteiger partial charge < -0.3 is 14.9 Å². The Morgan fingerprint density at radius 1 is 1.30 bits per heavy atom. The number of benzene rings is 2. The molecule has 1 heterocycles. The molecule has 102 valence electrons. The highest BCUT2D eigenvalue weighted by atomic mass is 35.5. The average Bonchev–Trinajstić information content (AvgIpc) is 2.74. The molecule has 0 spiro atoms. The third kappa shape index (κ3) is 2.10. The zero-order chi connectivity index (χ0) is 14.3. The van der Waals surface area contributed by atoms with Gasteiger partial charge in [0, 0.05) is 12.1 Å². The lowest BCUT2D eigenvalue weighted by molar-refractivity contribution is 0.444. The normalized spacial score (nSPS) is 10.9. The first-order chi connectivity index (χ1) is 9.54. The highest BCUT2D eigenvalue weighted by Crippen LogP contribution is 2.33. The Balaban J connectivity index is 2.08. The summed E-state index contributed by atoms with van der Waals surface area (Å²) in [6.45, 7) is 0. The van der Waals surface area contributed by atoms with E-state index in [9.17, 15) is 9.18 Å². The van der Waals surface area contributed by atoms with Gasteiger partial charge in [0.15, 0.2) is 22.9 Å². The van der Waals surface area contributed by atoms with E-state index in [1.165, 1.54) is 24.3 Å². The number of nitrogen functional groups attached to an aromatic ring is 1.